The lowest BCUT2D eigenvalue weighted by Crippen LogP contribution is -2.38. The second kappa shape index (κ2) is 9.21. The number of unbranched alkanes of at least 4 members (excludes halogenated alkanes) is 2. The second-order valence-corrected chi connectivity index (χ2v) is 10.2. The maximum atomic E-state index is 13.6. The third-order valence-electron chi connectivity index (χ3n) is 5.97. The number of fused-ring (bicyclic) bond motifs is 1. The Morgan fingerprint density at radius 3 is 2.24 bits per heavy atom. The lowest BCUT2D eigenvalue weighted by molar-refractivity contribution is 0.270. The number of benzene rings is 2. The van der Waals surface area contributed by atoms with Crippen LogP contribution in [0.2, 0.25) is 0 Å². The van der Waals surface area contributed by atoms with E-state index in [0.29, 0.717) is 10.6 Å². The SMILES string of the molecule is CCCCC1(CCCC)CN(c2ccccc2)c2ccc(OC)cc2S(=O)(=O)C1. The number of anilines is 2. The number of para-hydroxylation sites is 1. The zero-order chi connectivity index (χ0) is 20.9. The smallest absolute Gasteiger partial charge is 0.181 e. The van der Waals surface area contributed by atoms with Crippen molar-refractivity contribution in [3.8, 4) is 5.75 Å². The number of hydrogen-bond donors (Lipinski definition) is 0. The first-order valence-electron chi connectivity index (χ1n) is 10.7. The predicted octanol–water partition coefficient (Wildman–Crippen LogP) is 5.99. The van der Waals surface area contributed by atoms with Crippen LogP contribution < -0.4 is 9.64 Å². The van der Waals surface area contributed by atoms with E-state index in [4.69, 9.17) is 4.74 Å². The van der Waals surface area contributed by atoms with E-state index in [2.05, 4.69) is 30.9 Å². The highest BCUT2D eigenvalue weighted by molar-refractivity contribution is 7.91. The van der Waals surface area contributed by atoms with E-state index in [0.717, 1.165) is 56.4 Å². The summed E-state index contributed by atoms with van der Waals surface area (Å²) < 4.78 is 32.5. The van der Waals surface area contributed by atoms with Crippen molar-refractivity contribution in [3.63, 3.8) is 0 Å². The van der Waals surface area contributed by atoms with Crippen molar-refractivity contribution >= 4 is 21.2 Å². The fourth-order valence-corrected chi connectivity index (χ4v) is 6.54. The van der Waals surface area contributed by atoms with Crippen LogP contribution in [-0.4, -0.2) is 27.8 Å². The molecule has 0 aliphatic carbocycles. The maximum absolute atomic E-state index is 13.6. The molecule has 0 atom stereocenters. The predicted molar refractivity (Wildman–Crippen MR) is 120 cm³/mol. The van der Waals surface area contributed by atoms with Crippen molar-refractivity contribution < 1.29 is 13.2 Å². The summed E-state index contributed by atoms with van der Waals surface area (Å²) in [5.41, 5.74) is 1.53. The number of hydrogen-bond acceptors (Lipinski definition) is 4. The van der Waals surface area contributed by atoms with Crippen LogP contribution in [0.15, 0.2) is 53.4 Å². The molecule has 0 radical (unpaired) electrons. The molecule has 0 spiro atoms. The summed E-state index contributed by atoms with van der Waals surface area (Å²) in [4.78, 5) is 2.60. The molecule has 158 valence electrons. The molecule has 1 aliphatic heterocycles. The molecule has 0 saturated heterocycles. The molecule has 2 aromatic carbocycles. The first kappa shape index (κ1) is 21.7. The van der Waals surface area contributed by atoms with E-state index < -0.39 is 9.84 Å². The molecule has 0 fully saturated rings. The average Bonchev–Trinajstić information content (AvgIpc) is 2.83. The topological polar surface area (TPSA) is 46.6 Å². The molecular formula is C24H33NO3S. The molecule has 5 heteroatoms. The fraction of sp³-hybridized carbons (Fsp3) is 0.500. The van der Waals surface area contributed by atoms with Crippen LogP contribution >= 0.6 is 0 Å². The van der Waals surface area contributed by atoms with Crippen molar-refractivity contribution in [1.29, 1.82) is 0 Å². The van der Waals surface area contributed by atoms with Gasteiger partial charge in [0.15, 0.2) is 9.84 Å². The monoisotopic (exact) mass is 415 g/mol. The Labute approximate surface area is 175 Å². The van der Waals surface area contributed by atoms with Crippen molar-refractivity contribution in [1.82, 2.24) is 0 Å². The second-order valence-electron chi connectivity index (χ2n) is 8.22. The molecule has 0 unspecified atom stereocenters. The van der Waals surface area contributed by atoms with Crippen LogP contribution in [0.1, 0.15) is 52.4 Å². The maximum Gasteiger partial charge on any atom is 0.181 e. The minimum absolute atomic E-state index is 0.198. The summed E-state index contributed by atoms with van der Waals surface area (Å²) in [7, 11) is -1.87. The van der Waals surface area contributed by atoms with Gasteiger partial charge in [-0.15, -0.1) is 0 Å². The first-order chi connectivity index (χ1) is 13.9. The number of rotatable bonds is 8. The highest BCUT2D eigenvalue weighted by Gasteiger charge is 2.42. The summed E-state index contributed by atoms with van der Waals surface area (Å²) in [6.45, 7) is 5.07. The number of nitrogens with zero attached hydrogens (tertiary/aromatic N) is 1. The van der Waals surface area contributed by atoms with Gasteiger partial charge in [0.05, 0.1) is 23.4 Å². The van der Waals surface area contributed by atoms with Gasteiger partial charge in [-0.05, 0) is 37.1 Å². The van der Waals surface area contributed by atoms with E-state index in [1.807, 2.05) is 30.3 Å². The molecule has 4 nitrogen and oxygen atoms in total. The van der Waals surface area contributed by atoms with Crippen molar-refractivity contribution in [2.45, 2.75) is 57.3 Å². The quantitative estimate of drug-likeness (QED) is 0.531. The lowest BCUT2D eigenvalue weighted by atomic mass is 9.79. The Kier molecular flexibility index (Phi) is 6.89. The molecule has 2 aromatic rings. The fourth-order valence-electron chi connectivity index (χ4n) is 4.41. The number of sulfone groups is 1. The van der Waals surface area contributed by atoms with Gasteiger partial charge in [0.2, 0.25) is 0 Å². The van der Waals surface area contributed by atoms with Crippen molar-refractivity contribution in [2.75, 3.05) is 24.3 Å². The summed E-state index contributed by atoms with van der Waals surface area (Å²) in [6, 6.07) is 15.6. The van der Waals surface area contributed by atoms with E-state index in [1.165, 1.54) is 0 Å². The average molecular weight is 416 g/mol. The van der Waals surface area contributed by atoms with E-state index in [-0.39, 0.29) is 11.2 Å². The largest absolute Gasteiger partial charge is 0.497 e. The Morgan fingerprint density at radius 1 is 1.00 bits per heavy atom. The Hall–Kier alpha value is -2.01. The molecule has 3 rings (SSSR count). The van der Waals surface area contributed by atoms with Crippen molar-refractivity contribution in [2.24, 2.45) is 5.41 Å². The van der Waals surface area contributed by atoms with Crippen LogP contribution in [0.3, 0.4) is 0 Å². The Bertz CT molecular complexity index is 901. The summed E-state index contributed by atoms with van der Waals surface area (Å²) >= 11 is 0. The van der Waals surface area contributed by atoms with Gasteiger partial charge in [0.1, 0.15) is 5.75 Å². The summed E-state index contributed by atoms with van der Waals surface area (Å²) in [5, 5.41) is 0. The highest BCUT2D eigenvalue weighted by atomic mass is 32.2. The van der Waals surface area contributed by atoms with Gasteiger partial charge < -0.3 is 9.64 Å². The van der Waals surface area contributed by atoms with Gasteiger partial charge in [-0.2, -0.15) is 0 Å². The number of ether oxygens (including phenoxy) is 1. The molecule has 0 N–H and O–H groups in total. The lowest BCUT2D eigenvalue weighted by Gasteiger charge is -2.37. The van der Waals surface area contributed by atoms with Crippen LogP contribution in [0.25, 0.3) is 0 Å². The van der Waals surface area contributed by atoms with Gasteiger partial charge in [0, 0.05) is 23.7 Å². The molecule has 0 aromatic heterocycles. The first-order valence-corrected chi connectivity index (χ1v) is 12.3. The molecule has 0 saturated carbocycles. The Morgan fingerprint density at radius 2 is 1.66 bits per heavy atom. The summed E-state index contributed by atoms with van der Waals surface area (Å²) in [6.07, 6.45) is 6.08. The molecule has 0 amide bonds. The standard InChI is InChI=1S/C24H33NO3S/c1-4-6-15-24(16-7-5-2)18-25(20-11-9-8-10-12-20)22-14-13-21(28-3)17-23(22)29(26,27)19-24/h8-14,17H,4-7,15-16,18-19H2,1-3H3. The minimum Gasteiger partial charge on any atom is -0.497 e. The molecular weight excluding hydrogens is 382 g/mol. The van der Waals surface area contributed by atoms with Gasteiger partial charge in [-0.1, -0.05) is 57.7 Å². The van der Waals surface area contributed by atoms with Crippen LogP contribution in [0, 0.1) is 5.41 Å². The minimum atomic E-state index is -3.44. The molecule has 1 aliphatic rings. The third kappa shape index (κ3) is 4.77. The Balaban J connectivity index is 2.19. The number of methoxy groups -OCH3 is 1. The van der Waals surface area contributed by atoms with E-state index >= 15 is 0 Å². The van der Waals surface area contributed by atoms with Gasteiger partial charge in [-0.3, -0.25) is 0 Å². The van der Waals surface area contributed by atoms with E-state index in [9.17, 15) is 8.42 Å². The van der Waals surface area contributed by atoms with Gasteiger partial charge >= 0.3 is 0 Å². The normalized spacial score (nSPS) is 17.4. The van der Waals surface area contributed by atoms with Gasteiger partial charge in [-0.25, -0.2) is 8.42 Å². The zero-order valence-corrected chi connectivity index (χ0v) is 18.7. The molecule has 0 bridgehead atoms. The van der Waals surface area contributed by atoms with Crippen molar-refractivity contribution in [3.05, 3.63) is 48.5 Å². The summed E-state index contributed by atoms with van der Waals surface area (Å²) in [5.74, 6) is 0.777. The van der Waals surface area contributed by atoms with Gasteiger partial charge in [0.25, 0.3) is 0 Å². The van der Waals surface area contributed by atoms with Crippen LogP contribution in [0.5, 0.6) is 5.75 Å². The molecule has 29 heavy (non-hydrogen) atoms. The van der Waals surface area contributed by atoms with Crippen LogP contribution in [-0.2, 0) is 9.84 Å². The van der Waals surface area contributed by atoms with Crippen LogP contribution in [0.4, 0.5) is 11.4 Å². The molecule has 1 heterocycles. The zero-order valence-electron chi connectivity index (χ0n) is 17.9. The third-order valence-corrected chi connectivity index (χ3v) is 7.96. The van der Waals surface area contributed by atoms with E-state index in [1.54, 1.807) is 13.2 Å². The highest BCUT2D eigenvalue weighted by Crippen LogP contribution is 2.45.